The van der Waals surface area contributed by atoms with Crippen molar-refractivity contribution in [1.82, 2.24) is 5.32 Å². The quantitative estimate of drug-likeness (QED) is 0.736. The molecule has 3 nitrogen and oxygen atoms in total. The van der Waals surface area contributed by atoms with Gasteiger partial charge in [-0.15, -0.1) is 0 Å². The number of ether oxygens (including phenoxy) is 2. The summed E-state index contributed by atoms with van der Waals surface area (Å²) >= 11 is 0. The minimum atomic E-state index is -0.299. The molecule has 0 aliphatic heterocycles. The molecule has 0 radical (unpaired) electrons. The molecular formula is C15H24FNO2. The first-order valence-corrected chi connectivity index (χ1v) is 6.63. The van der Waals surface area contributed by atoms with Gasteiger partial charge < -0.3 is 14.8 Å². The normalized spacial score (nSPS) is 14.2. The maximum absolute atomic E-state index is 13.6. The van der Waals surface area contributed by atoms with Crippen LogP contribution in [0.3, 0.4) is 0 Å². The first kappa shape index (κ1) is 15.9. The van der Waals surface area contributed by atoms with Crippen LogP contribution in [0.25, 0.3) is 0 Å². The second-order valence-corrected chi connectivity index (χ2v) is 4.89. The van der Waals surface area contributed by atoms with Crippen LogP contribution in [0, 0.1) is 11.7 Å². The van der Waals surface area contributed by atoms with Gasteiger partial charge in [-0.2, -0.15) is 0 Å². The minimum Gasteiger partial charge on any atom is -0.494 e. The number of halogens is 1. The van der Waals surface area contributed by atoms with E-state index in [0.29, 0.717) is 24.3 Å². The summed E-state index contributed by atoms with van der Waals surface area (Å²) < 4.78 is 23.5. The third-order valence-corrected chi connectivity index (χ3v) is 3.40. The molecule has 2 unspecified atom stereocenters. The summed E-state index contributed by atoms with van der Waals surface area (Å²) in [5.74, 6) is 0.416. The smallest absolute Gasteiger partial charge is 0.165 e. The minimum absolute atomic E-state index is 0.294. The highest BCUT2D eigenvalue weighted by Gasteiger charge is 2.13. The van der Waals surface area contributed by atoms with E-state index in [4.69, 9.17) is 9.47 Å². The Hall–Kier alpha value is -1.13. The number of benzene rings is 1. The Labute approximate surface area is 115 Å². The van der Waals surface area contributed by atoms with Crippen molar-refractivity contribution in [2.24, 2.45) is 5.92 Å². The van der Waals surface area contributed by atoms with Gasteiger partial charge in [-0.3, -0.25) is 0 Å². The molecule has 0 heterocycles. The zero-order valence-corrected chi connectivity index (χ0v) is 12.2. The van der Waals surface area contributed by atoms with Crippen LogP contribution in [0.5, 0.6) is 5.75 Å². The predicted octanol–water partition coefficient (Wildman–Crippen LogP) is 2.64. The lowest BCUT2D eigenvalue weighted by atomic mass is 9.95. The third-order valence-electron chi connectivity index (χ3n) is 3.40. The van der Waals surface area contributed by atoms with E-state index >= 15 is 0 Å². The molecule has 0 fully saturated rings. The standard InChI is InChI=1S/C15H24FNO2/c1-11(12(2)17-7-8-18-3)9-13-5-6-15(19-4)14(16)10-13/h5-6,10-12,17H,7-9H2,1-4H3. The largest absolute Gasteiger partial charge is 0.494 e. The molecule has 2 atom stereocenters. The summed E-state index contributed by atoms with van der Waals surface area (Å²) in [6, 6.07) is 5.51. The summed E-state index contributed by atoms with van der Waals surface area (Å²) in [6.07, 6.45) is 0.835. The molecular weight excluding hydrogens is 245 g/mol. The lowest BCUT2D eigenvalue weighted by molar-refractivity contribution is 0.192. The number of methoxy groups -OCH3 is 2. The van der Waals surface area contributed by atoms with Crippen LogP contribution < -0.4 is 10.1 Å². The number of nitrogens with one attached hydrogen (secondary N) is 1. The van der Waals surface area contributed by atoms with E-state index in [2.05, 4.69) is 19.2 Å². The Kier molecular flexibility index (Phi) is 6.81. The van der Waals surface area contributed by atoms with Crippen LogP contribution in [0.2, 0.25) is 0 Å². The van der Waals surface area contributed by atoms with Crippen molar-refractivity contribution in [3.63, 3.8) is 0 Å². The highest BCUT2D eigenvalue weighted by molar-refractivity contribution is 5.29. The fourth-order valence-corrected chi connectivity index (χ4v) is 1.98. The number of hydrogen-bond donors (Lipinski definition) is 1. The second kappa shape index (κ2) is 8.12. The molecule has 0 amide bonds. The molecule has 0 saturated carbocycles. The van der Waals surface area contributed by atoms with E-state index in [1.165, 1.54) is 7.11 Å². The van der Waals surface area contributed by atoms with E-state index in [0.717, 1.165) is 18.5 Å². The van der Waals surface area contributed by atoms with Gasteiger partial charge >= 0.3 is 0 Å². The van der Waals surface area contributed by atoms with Gasteiger partial charge in [-0.25, -0.2) is 4.39 Å². The molecule has 1 N–H and O–H groups in total. The second-order valence-electron chi connectivity index (χ2n) is 4.89. The Morgan fingerprint density at radius 2 is 2.00 bits per heavy atom. The van der Waals surface area contributed by atoms with Gasteiger partial charge in [-0.05, 0) is 37.0 Å². The van der Waals surface area contributed by atoms with Crippen LogP contribution in [-0.2, 0) is 11.2 Å². The van der Waals surface area contributed by atoms with Gasteiger partial charge in [0, 0.05) is 19.7 Å². The maximum Gasteiger partial charge on any atom is 0.165 e. The van der Waals surface area contributed by atoms with Crippen LogP contribution in [0.4, 0.5) is 4.39 Å². The molecule has 0 aromatic heterocycles. The highest BCUT2D eigenvalue weighted by atomic mass is 19.1. The molecule has 0 bridgehead atoms. The summed E-state index contributed by atoms with van der Waals surface area (Å²) in [7, 11) is 3.17. The van der Waals surface area contributed by atoms with E-state index < -0.39 is 0 Å². The van der Waals surface area contributed by atoms with E-state index in [1.807, 2.05) is 6.07 Å². The van der Waals surface area contributed by atoms with Crippen LogP contribution in [0.1, 0.15) is 19.4 Å². The lowest BCUT2D eigenvalue weighted by Crippen LogP contribution is -2.35. The van der Waals surface area contributed by atoms with Crippen molar-refractivity contribution in [2.45, 2.75) is 26.3 Å². The van der Waals surface area contributed by atoms with Crippen molar-refractivity contribution in [2.75, 3.05) is 27.4 Å². The first-order chi connectivity index (χ1) is 9.08. The fraction of sp³-hybridized carbons (Fsp3) is 0.600. The molecule has 0 saturated heterocycles. The summed E-state index contributed by atoms with van der Waals surface area (Å²) in [4.78, 5) is 0. The Morgan fingerprint density at radius 1 is 1.26 bits per heavy atom. The molecule has 4 heteroatoms. The van der Waals surface area contributed by atoms with Gasteiger partial charge in [0.2, 0.25) is 0 Å². The van der Waals surface area contributed by atoms with Crippen molar-refractivity contribution in [1.29, 1.82) is 0 Å². The Bertz CT molecular complexity index is 384. The van der Waals surface area contributed by atoms with Crippen molar-refractivity contribution in [3.05, 3.63) is 29.6 Å². The van der Waals surface area contributed by atoms with Crippen molar-refractivity contribution < 1.29 is 13.9 Å². The molecule has 19 heavy (non-hydrogen) atoms. The van der Waals surface area contributed by atoms with Crippen molar-refractivity contribution in [3.8, 4) is 5.75 Å². The highest BCUT2D eigenvalue weighted by Crippen LogP contribution is 2.20. The van der Waals surface area contributed by atoms with Crippen LogP contribution in [-0.4, -0.2) is 33.4 Å². The maximum atomic E-state index is 13.6. The van der Waals surface area contributed by atoms with Gasteiger partial charge in [0.05, 0.1) is 13.7 Å². The average molecular weight is 269 g/mol. The molecule has 1 aromatic rings. The summed E-state index contributed by atoms with van der Waals surface area (Å²) in [6.45, 7) is 5.83. The molecule has 1 aromatic carbocycles. The Morgan fingerprint density at radius 3 is 2.58 bits per heavy atom. The van der Waals surface area contributed by atoms with Crippen LogP contribution in [0.15, 0.2) is 18.2 Å². The van der Waals surface area contributed by atoms with Gasteiger partial charge in [-0.1, -0.05) is 13.0 Å². The van der Waals surface area contributed by atoms with E-state index in [9.17, 15) is 4.39 Å². The Balaban J connectivity index is 2.51. The first-order valence-electron chi connectivity index (χ1n) is 6.63. The summed E-state index contributed by atoms with van der Waals surface area (Å²) in [5.41, 5.74) is 0.992. The molecule has 0 aliphatic rings. The zero-order chi connectivity index (χ0) is 14.3. The lowest BCUT2D eigenvalue weighted by Gasteiger charge is -2.21. The number of hydrogen-bond acceptors (Lipinski definition) is 3. The topological polar surface area (TPSA) is 30.5 Å². The fourth-order valence-electron chi connectivity index (χ4n) is 1.98. The molecule has 0 aliphatic carbocycles. The molecule has 1 rings (SSSR count). The average Bonchev–Trinajstić information content (AvgIpc) is 2.39. The molecule has 0 spiro atoms. The third kappa shape index (κ3) is 5.17. The van der Waals surface area contributed by atoms with Gasteiger partial charge in [0.15, 0.2) is 11.6 Å². The number of rotatable bonds is 8. The zero-order valence-electron chi connectivity index (χ0n) is 12.2. The van der Waals surface area contributed by atoms with E-state index in [-0.39, 0.29) is 5.82 Å². The van der Waals surface area contributed by atoms with Crippen molar-refractivity contribution >= 4 is 0 Å². The monoisotopic (exact) mass is 269 g/mol. The van der Waals surface area contributed by atoms with Gasteiger partial charge in [0.1, 0.15) is 0 Å². The SMILES string of the molecule is COCCNC(C)C(C)Cc1ccc(OC)c(F)c1. The van der Waals surface area contributed by atoms with E-state index in [1.54, 1.807) is 19.2 Å². The summed E-state index contributed by atoms with van der Waals surface area (Å²) in [5, 5.41) is 3.40. The van der Waals surface area contributed by atoms with Crippen LogP contribution >= 0.6 is 0 Å². The predicted molar refractivity (Wildman–Crippen MR) is 75.2 cm³/mol. The molecule has 108 valence electrons. The van der Waals surface area contributed by atoms with Gasteiger partial charge in [0.25, 0.3) is 0 Å².